The fourth-order valence-corrected chi connectivity index (χ4v) is 2.17. The van der Waals surface area contributed by atoms with Crippen LogP contribution in [0, 0.1) is 6.92 Å². The lowest BCUT2D eigenvalue weighted by molar-refractivity contribution is 0.0600. The first-order valence-corrected chi connectivity index (χ1v) is 6.79. The number of benzene rings is 2. The van der Waals surface area contributed by atoms with Crippen molar-refractivity contribution in [3.63, 3.8) is 0 Å². The summed E-state index contributed by atoms with van der Waals surface area (Å²) in [5.74, 6) is -0.283. The zero-order valence-electron chi connectivity index (χ0n) is 11.8. The monoisotopic (exact) mass is 305 g/mol. The zero-order chi connectivity index (χ0) is 15.4. The number of aromatic hydroxyl groups is 1. The van der Waals surface area contributed by atoms with E-state index in [1.165, 1.54) is 7.11 Å². The van der Waals surface area contributed by atoms with Gasteiger partial charge in [-0.2, -0.15) is 0 Å². The van der Waals surface area contributed by atoms with E-state index >= 15 is 0 Å². The van der Waals surface area contributed by atoms with E-state index < -0.39 is 0 Å². The van der Waals surface area contributed by atoms with Crippen molar-refractivity contribution >= 4 is 23.3 Å². The minimum atomic E-state index is -0.352. The SMILES string of the molecule is COC(=O)c1ccc(NCc2ccc(O)c(Cl)c2)c(C)c1. The molecule has 0 radical (unpaired) electrons. The lowest BCUT2D eigenvalue weighted by atomic mass is 10.1. The molecule has 0 fully saturated rings. The highest BCUT2D eigenvalue weighted by molar-refractivity contribution is 6.32. The first kappa shape index (κ1) is 15.2. The van der Waals surface area contributed by atoms with Crippen molar-refractivity contribution in [2.45, 2.75) is 13.5 Å². The van der Waals surface area contributed by atoms with E-state index in [0.717, 1.165) is 16.8 Å². The van der Waals surface area contributed by atoms with Gasteiger partial charge in [-0.05, 0) is 48.4 Å². The molecule has 0 aliphatic carbocycles. The van der Waals surface area contributed by atoms with Crippen molar-refractivity contribution in [3.8, 4) is 5.75 Å². The number of esters is 1. The van der Waals surface area contributed by atoms with Crippen LogP contribution >= 0.6 is 11.6 Å². The van der Waals surface area contributed by atoms with Gasteiger partial charge in [-0.1, -0.05) is 17.7 Å². The highest BCUT2D eigenvalue weighted by Crippen LogP contribution is 2.24. The zero-order valence-corrected chi connectivity index (χ0v) is 12.6. The largest absolute Gasteiger partial charge is 0.506 e. The Morgan fingerprint density at radius 3 is 2.67 bits per heavy atom. The van der Waals surface area contributed by atoms with Gasteiger partial charge in [-0.25, -0.2) is 4.79 Å². The second-order valence-corrected chi connectivity index (χ2v) is 5.07. The molecule has 2 N–H and O–H groups in total. The Labute approximate surface area is 128 Å². The maximum absolute atomic E-state index is 11.4. The molecule has 2 rings (SSSR count). The second-order valence-electron chi connectivity index (χ2n) is 4.66. The van der Waals surface area contributed by atoms with Crippen LogP contribution in [-0.4, -0.2) is 18.2 Å². The normalized spacial score (nSPS) is 10.2. The van der Waals surface area contributed by atoms with Crippen molar-refractivity contribution in [2.75, 3.05) is 12.4 Å². The number of phenols is 1. The number of hydrogen-bond acceptors (Lipinski definition) is 4. The molecule has 0 aliphatic heterocycles. The van der Waals surface area contributed by atoms with Crippen LogP contribution in [0.4, 0.5) is 5.69 Å². The molecule has 110 valence electrons. The molecule has 4 nitrogen and oxygen atoms in total. The van der Waals surface area contributed by atoms with Gasteiger partial charge in [0.2, 0.25) is 0 Å². The number of phenolic OH excluding ortho intramolecular Hbond substituents is 1. The van der Waals surface area contributed by atoms with Crippen molar-refractivity contribution in [3.05, 3.63) is 58.1 Å². The summed E-state index contributed by atoms with van der Waals surface area (Å²) in [5.41, 5.74) is 3.34. The quantitative estimate of drug-likeness (QED) is 0.845. The summed E-state index contributed by atoms with van der Waals surface area (Å²) in [7, 11) is 1.36. The molecular weight excluding hydrogens is 290 g/mol. The standard InChI is InChI=1S/C16H16ClNO3/c1-10-7-12(16(20)21-2)4-5-14(10)18-9-11-3-6-15(19)13(17)8-11/h3-8,18-19H,9H2,1-2H3. The van der Waals surface area contributed by atoms with Gasteiger partial charge in [-0.3, -0.25) is 0 Å². The number of anilines is 1. The summed E-state index contributed by atoms with van der Waals surface area (Å²) in [5, 5.41) is 13.0. The molecule has 2 aromatic carbocycles. The van der Waals surface area contributed by atoms with Crippen LogP contribution in [0.2, 0.25) is 5.02 Å². The maximum atomic E-state index is 11.4. The Balaban J connectivity index is 2.09. The Morgan fingerprint density at radius 2 is 2.05 bits per heavy atom. The summed E-state index contributed by atoms with van der Waals surface area (Å²) in [6, 6.07) is 10.4. The third kappa shape index (κ3) is 3.67. The number of aryl methyl sites for hydroxylation is 1. The van der Waals surface area contributed by atoms with Crippen molar-refractivity contribution in [1.29, 1.82) is 0 Å². The van der Waals surface area contributed by atoms with Crippen LogP contribution < -0.4 is 5.32 Å². The summed E-state index contributed by atoms with van der Waals surface area (Å²) >= 11 is 5.87. The molecule has 0 spiro atoms. The Morgan fingerprint density at radius 1 is 1.29 bits per heavy atom. The van der Waals surface area contributed by atoms with Crippen LogP contribution in [0.1, 0.15) is 21.5 Å². The third-order valence-corrected chi connectivity index (χ3v) is 3.45. The Hall–Kier alpha value is -2.20. The topological polar surface area (TPSA) is 58.6 Å². The van der Waals surface area contributed by atoms with E-state index in [1.807, 2.05) is 13.0 Å². The number of carbonyl (C=O) groups excluding carboxylic acids is 1. The van der Waals surface area contributed by atoms with Crippen LogP contribution in [0.25, 0.3) is 0 Å². The van der Waals surface area contributed by atoms with Crippen LogP contribution in [0.3, 0.4) is 0 Å². The number of nitrogens with one attached hydrogen (secondary N) is 1. The van der Waals surface area contributed by atoms with Crippen molar-refractivity contribution in [1.82, 2.24) is 0 Å². The van der Waals surface area contributed by atoms with E-state index in [0.29, 0.717) is 17.1 Å². The molecule has 0 atom stereocenters. The number of hydrogen-bond donors (Lipinski definition) is 2. The average Bonchev–Trinajstić information content (AvgIpc) is 2.48. The molecule has 5 heteroatoms. The van der Waals surface area contributed by atoms with Gasteiger partial charge in [0, 0.05) is 12.2 Å². The maximum Gasteiger partial charge on any atom is 0.337 e. The van der Waals surface area contributed by atoms with E-state index in [9.17, 15) is 9.90 Å². The molecule has 0 amide bonds. The number of carbonyl (C=O) groups is 1. The van der Waals surface area contributed by atoms with Gasteiger partial charge in [-0.15, -0.1) is 0 Å². The Kier molecular flexibility index (Phi) is 4.70. The molecule has 2 aromatic rings. The molecule has 0 saturated carbocycles. The van der Waals surface area contributed by atoms with Gasteiger partial charge in [0.15, 0.2) is 0 Å². The molecule has 0 saturated heterocycles. The summed E-state index contributed by atoms with van der Waals surface area (Å²) in [6.45, 7) is 2.48. The molecular formula is C16H16ClNO3. The van der Waals surface area contributed by atoms with Gasteiger partial charge in [0.1, 0.15) is 5.75 Å². The van der Waals surface area contributed by atoms with Gasteiger partial charge >= 0.3 is 5.97 Å². The lowest BCUT2D eigenvalue weighted by Crippen LogP contribution is -2.04. The van der Waals surface area contributed by atoms with Gasteiger partial charge in [0.05, 0.1) is 17.7 Å². The predicted octanol–water partition coefficient (Wildman–Crippen LogP) is 3.75. The highest BCUT2D eigenvalue weighted by Gasteiger charge is 2.07. The lowest BCUT2D eigenvalue weighted by Gasteiger charge is -2.11. The van der Waals surface area contributed by atoms with Crippen molar-refractivity contribution < 1.29 is 14.6 Å². The summed E-state index contributed by atoms with van der Waals surface area (Å²) < 4.78 is 4.69. The third-order valence-electron chi connectivity index (χ3n) is 3.14. The fourth-order valence-electron chi connectivity index (χ4n) is 1.96. The van der Waals surface area contributed by atoms with Crippen LogP contribution in [0.5, 0.6) is 5.75 Å². The summed E-state index contributed by atoms with van der Waals surface area (Å²) in [6.07, 6.45) is 0. The predicted molar refractivity (Wildman–Crippen MR) is 83.0 cm³/mol. The van der Waals surface area contributed by atoms with E-state index in [-0.39, 0.29) is 11.7 Å². The molecule has 0 heterocycles. The van der Waals surface area contributed by atoms with Crippen LogP contribution in [-0.2, 0) is 11.3 Å². The smallest absolute Gasteiger partial charge is 0.337 e. The number of methoxy groups -OCH3 is 1. The molecule has 21 heavy (non-hydrogen) atoms. The minimum absolute atomic E-state index is 0.0685. The molecule has 0 unspecified atom stereocenters. The van der Waals surface area contributed by atoms with E-state index in [4.69, 9.17) is 11.6 Å². The molecule has 0 bridgehead atoms. The average molecular weight is 306 g/mol. The number of halogens is 1. The van der Waals surface area contributed by atoms with Crippen molar-refractivity contribution in [2.24, 2.45) is 0 Å². The number of ether oxygens (including phenoxy) is 1. The number of rotatable bonds is 4. The minimum Gasteiger partial charge on any atom is -0.506 e. The van der Waals surface area contributed by atoms with E-state index in [1.54, 1.807) is 30.3 Å². The first-order chi connectivity index (χ1) is 10.0. The fraction of sp³-hybridized carbons (Fsp3) is 0.188. The van der Waals surface area contributed by atoms with Gasteiger partial charge < -0.3 is 15.2 Å². The molecule has 0 aliphatic rings. The Bertz CT molecular complexity index is 671. The van der Waals surface area contributed by atoms with Gasteiger partial charge in [0.25, 0.3) is 0 Å². The first-order valence-electron chi connectivity index (χ1n) is 6.41. The van der Waals surface area contributed by atoms with Crippen LogP contribution in [0.15, 0.2) is 36.4 Å². The highest BCUT2D eigenvalue weighted by atomic mass is 35.5. The van der Waals surface area contributed by atoms with E-state index in [2.05, 4.69) is 10.1 Å². The second kappa shape index (κ2) is 6.50. The molecule has 0 aromatic heterocycles. The summed E-state index contributed by atoms with van der Waals surface area (Å²) in [4.78, 5) is 11.4.